The van der Waals surface area contributed by atoms with Gasteiger partial charge in [-0.1, -0.05) is 13.8 Å². The molecule has 23 heavy (non-hydrogen) atoms. The predicted octanol–water partition coefficient (Wildman–Crippen LogP) is 2.08. The Morgan fingerprint density at radius 1 is 1.52 bits per heavy atom. The fraction of sp³-hybridized carbons (Fsp3) is 0.562. The van der Waals surface area contributed by atoms with Crippen LogP contribution >= 0.6 is 11.3 Å². The standard InChI is InChI=1S/C16H21N3O3S/c1-4-16(5-2)11(8-12(16)22-3)18-13(20)10-9-17-15-19(14(10)21)6-7-23-15/h6-7,9,11-12H,4-5,8H2,1-3H3,(H,18,20)/t11-,12-/m1/s1. The van der Waals surface area contributed by atoms with Gasteiger partial charge in [0.15, 0.2) is 4.96 Å². The lowest BCUT2D eigenvalue weighted by Gasteiger charge is -2.55. The van der Waals surface area contributed by atoms with Gasteiger partial charge in [0, 0.05) is 36.3 Å². The van der Waals surface area contributed by atoms with Crippen molar-refractivity contribution in [3.8, 4) is 0 Å². The summed E-state index contributed by atoms with van der Waals surface area (Å²) >= 11 is 1.37. The zero-order valence-electron chi connectivity index (χ0n) is 13.5. The summed E-state index contributed by atoms with van der Waals surface area (Å²) in [7, 11) is 1.71. The summed E-state index contributed by atoms with van der Waals surface area (Å²) < 4.78 is 6.95. The number of carbonyl (C=O) groups excluding carboxylic acids is 1. The second-order valence-corrected chi connectivity index (χ2v) is 6.83. The van der Waals surface area contributed by atoms with Crippen molar-refractivity contribution in [2.75, 3.05) is 7.11 Å². The van der Waals surface area contributed by atoms with E-state index in [4.69, 9.17) is 4.74 Å². The van der Waals surface area contributed by atoms with E-state index >= 15 is 0 Å². The minimum Gasteiger partial charge on any atom is -0.381 e. The number of ether oxygens (including phenoxy) is 1. The first kappa shape index (κ1) is 16.1. The maximum Gasteiger partial charge on any atom is 0.271 e. The number of thiazole rings is 1. The highest BCUT2D eigenvalue weighted by atomic mass is 32.1. The van der Waals surface area contributed by atoms with Gasteiger partial charge in [0.05, 0.1) is 6.10 Å². The Kier molecular flexibility index (Phi) is 4.25. The number of aromatic nitrogens is 2. The second-order valence-electron chi connectivity index (χ2n) is 5.96. The maximum absolute atomic E-state index is 12.5. The number of carbonyl (C=O) groups is 1. The van der Waals surface area contributed by atoms with Crippen LogP contribution in [0.4, 0.5) is 0 Å². The molecule has 3 rings (SSSR count). The van der Waals surface area contributed by atoms with Crippen molar-refractivity contribution in [2.24, 2.45) is 5.41 Å². The maximum atomic E-state index is 12.5. The fourth-order valence-electron chi connectivity index (χ4n) is 3.70. The van der Waals surface area contributed by atoms with E-state index in [-0.39, 0.29) is 34.6 Å². The SMILES string of the molecule is CCC1(CC)[C@H](NC(=O)c2cnc3sccn3c2=O)C[C@H]1OC. The van der Waals surface area contributed by atoms with Gasteiger partial charge in [-0.05, 0) is 19.3 Å². The van der Waals surface area contributed by atoms with Gasteiger partial charge in [-0.15, -0.1) is 11.3 Å². The molecule has 2 heterocycles. The minimum absolute atomic E-state index is 0.0255. The van der Waals surface area contributed by atoms with Crippen molar-refractivity contribution in [3.05, 3.63) is 33.7 Å². The summed E-state index contributed by atoms with van der Waals surface area (Å²) in [6.07, 6.45) is 5.79. The molecule has 2 atom stereocenters. The van der Waals surface area contributed by atoms with Gasteiger partial charge < -0.3 is 10.1 Å². The quantitative estimate of drug-likeness (QED) is 0.908. The van der Waals surface area contributed by atoms with E-state index < -0.39 is 0 Å². The highest BCUT2D eigenvalue weighted by Gasteiger charge is 2.53. The lowest BCUT2D eigenvalue weighted by atomic mass is 9.58. The summed E-state index contributed by atoms with van der Waals surface area (Å²) in [5.74, 6) is -0.353. The summed E-state index contributed by atoms with van der Waals surface area (Å²) in [4.78, 5) is 29.7. The monoisotopic (exact) mass is 335 g/mol. The van der Waals surface area contributed by atoms with E-state index in [1.807, 2.05) is 0 Å². The highest BCUT2D eigenvalue weighted by Crippen LogP contribution is 2.48. The molecule has 1 amide bonds. The number of nitrogens with one attached hydrogen (secondary N) is 1. The third-order valence-corrected chi connectivity index (χ3v) is 6.05. The average Bonchev–Trinajstić information content (AvgIpc) is 3.02. The molecule has 0 saturated heterocycles. The number of hydrogen-bond acceptors (Lipinski definition) is 5. The van der Waals surface area contributed by atoms with Crippen LogP contribution in [0.3, 0.4) is 0 Å². The second kappa shape index (κ2) is 6.05. The molecule has 7 heteroatoms. The number of amides is 1. The normalized spacial score (nSPS) is 22.7. The Bertz CT molecular complexity index is 778. The van der Waals surface area contributed by atoms with Crippen molar-refractivity contribution in [1.82, 2.24) is 14.7 Å². The zero-order valence-corrected chi connectivity index (χ0v) is 14.4. The lowest BCUT2D eigenvalue weighted by molar-refractivity contribution is -0.120. The lowest BCUT2D eigenvalue weighted by Crippen LogP contribution is -2.64. The van der Waals surface area contributed by atoms with Gasteiger partial charge in [-0.25, -0.2) is 4.98 Å². The van der Waals surface area contributed by atoms with Crippen LogP contribution in [0, 0.1) is 5.41 Å². The van der Waals surface area contributed by atoms with Crippen molar-refractivity contribution < 1.29 is 9.53 Å². The number of fused-ring (bicyclic) bond motifs is 1. The molecular weight excluding hydrogens is 314 g/mol. The molecule has 1 aliphatic rings. The molecule has 124 valence electrons. The van der Waals surface area contributed by atoms with Crippen LogP contribution in [-0.4, -0.2) is 34.5 Å². The first-order valence-corrected chi connectivity index (χ1v) is 8.73. The molecule has 6 nitrogen and oxygen atoms in total. The zero-order chi connectivity index (χ0) is 16.6. The van der Waals surface area contributed by atoms with Crippen molar-refractivity contribution >= 4 is 22.2 Å². The van der Waals surface area contributed by atoms with E-state index in [9.17, 15) is 9.59 Å². The molecular formula is C16H21N3O3S. The van der Waals surface area contributed by atoms with Gasteiger partial charge in [-0.3, -0.25) is 14.0 Å². The molecule has 0 aliphatic heterocycles. The van der Waals surface area contributed by atoms with E-state index in [0.717, 1.165) is 19.3 Å². The smallest absolute Gasteiger partial charge is 0.271 e. The van der Waals surface area contributed by atoms with Gasteiger partial charge in [0.1, 0.15) is 5.56 Å². The van der Waals surface area contributed by atoms with Crippen molar-refractivity contribution in [2.45, 2.75) is 45.3 Å². The summed E-state index contributed by atoms with van der Waals surface area (Å²) in [5.41, 5.74) is -0.293. The Hall–Kier alpha value is -1.73. The number of methoxy groups -OCH3 is 1. The first-order chi connectivity index (χ1) is 11.1. The van der Waals surface area contributed by atoms with Gasteiger partial charge in [-0.2, -0.15) is 0 Å². The molecule has 0 radical (unpaired) electrons. The molecule has 0 spiro atoms. The van der Waals surface area contributed by atoms with Crippen LogP contribution in [0.5, 0.6) is 0 Å². The van der Waals surface area contributed by atoms with Crippen LogP contribution in [-0.2, 0) is 4.74 Å². The third kappa shape index (κ3) is 2.38. The van der Waals surface area contributed by atoms with E-state index in [1.54, 1.807) is 18.7 Å². The average molecular weight is 335 g/mol. The Morgan fingerprint density at radius 3 is 2.91 bits per heavy atom. The topological polar surface area (TPSA) is 72.7 Å². The number of rotatable bonds is 5. The van der Waals surface area contributed by atoms with E-state index in [2.05, 4.69) is 24.1 Å². The predicted molar refractivity (Wildman–Crippen MR) is 89.0 cm³/mol. The minimum atomic E-state index is -0.353. The van der Waals surface area contributed by atoms with Crippen molar-refractivity contribution in [3.63, 3.8) is 0 Å². The molecule has 1 aliphatic carbocycles. The van der Waals surface area contributed by atoms with E-state index in [1.165, 1.54) is 21.9 Å². The fourth-order valence-corrected chi connectivity index (χ4v) is 4.37. The first-order valence-electron chi connectivity index (χ1n) is 7.86. The largest absolute Gasteiger partial charge is 0.381 e. The molecule has 1 saturated carbocycles. The Labute approximate surface area is 138 Å². The van der Waals surface area contributed by atoms with Crippen LogP contribution < -0.4 is 10.9 Å². The molecule has 2 aromatic heterocycles. The van der Waals surface area contributed by atoms with Gasteiger partial charge in [0.25, 0.3) is 11.5 Å². The van der Waals surface area contributed by atoms with Gasteiger partial charge >= 0.3 is 0 Å². The van der Waals surface area contributed by atoms with Crippen molar-refractivity contribution in [1.29, 1.82) is 0 Å². The van der Waals surface area contributed by atoms with Crippen LogP contribution in [0.2, 0.25) is 0 Å². The molecule has 1 N–H and O–H groups in total. The van der Waals surface area contributed by atoms with E-state index in [0.29, 0.717) is 4.96 Å². The van der Waals surface area contributed by atoms with Gasteiger partial charge in [0.2, 0.25) is 0 Å². The molecule has 0 aromatic carbocycles. The Balaban J connectivity index is 1.84. The van der Waals surface area contributed by atoms with Crippen LogP contribution in [0.25, 0.3) is 4.96 Å². The molecule has 0 bridgehead atoms. The number of hydrogen-bond donors (Lipinski definition) is 1. The summed E-state index contributed by atoms with van der Waals surface area (Å²) in [6, 6.07) is 0.0255. The highest BCUT2D eigenvalue weighted by molar-refractivity contribution is 7.15. The molecule has 0 unspecified atom stereocenters. The van der Waals surface area contributed by atoms with Crippen LogP contribution in [0.1, 0.15) is 43.5 Å². The Morgan fingerprint density at radius 2 is 2.26 bits per heavy atom. The van der Waals surface area contributed by atoms with Crippen LogP contribution in [0.15, 0.2) is 22.6 Å². The molecule has 1 fully saturated rings. The number of nitrogens with zero attached hydrogens (tertiary/aromatic N) is 2. The molecule has 2 aromatic rings. The third-order valence-electron chi connectivity index (χ3n) is 5.28. The summed E-state index contributed by atoms with van der Waals surface area (Å²) in [6.45, 7) is 4.23. The summed E-state index contributed by atoms with van der Waals surface area (Å²) in [5, 5.41) is 4.80.